The van der Waals surface area contributed by atoms with E-state index < -0.39 is 0 Å². The van der Waals surface area contributed by atoms with Crippen molar-refractivity contribution in [1.29, 1.82) is 0 Å². The fourth-order valence-electron chi connectivity index (χ4n) is 3.07. The van der Waals surface area contributed by atoms with Crippen molar-refractivity contribution in [3.8, 4) is 0 Å². The van der Waals surface area contributed by atoms with Gasteiger partial charge in [-0.3, -0.25) is 4.79 Å². The fraction of sp³-hybridized carbons (Fsp3) is 0.250. The number of nitrogens with zero attached hydrogens (tertiary/aromatic N) is 1. The maximum atomic E-state index is 13.0. The van der Waals surface area contributed by atoms with Crippen molar-refractivity contribution in [3.63, 3.8) is 0 Å². The molecule has 22 heavy (non-hydrogen) atoms. The highest BCUT2D eigenvalue weighted by Gasteiger charge is 2.35. The van der Waals surface area contributed by atoms with E-state index in [1.54, 1.807) is 0 Å². The van der Waals surface area contributed by atoms with Crippen molar-refractivity contribution in [2.75, 3.05) is 6.54 Å². The van der Waals surface area contributed by atoms with E-state index in [0.717, 1.165) is 29.7 Å². The van der Waals surface area contributed by atoms with Crippen LogP contribution in [0.25, 0.3) is 5.57 Å². The molecule has 0 N–H and O–H groups in total. The molecule has 0 aliphatic carbocycles. The Kier molecular flexibility index (Phi) is 3.84. The minimum Gasteiger partial charge on any atom is -0.329 e. The van der Waals surface area contributed by atoms with E-state index in [4.69, 9.17) is 0 Å². The molecule has 0 saturated heterocycles. The first-order chi connectivity index (χ1) is 10.6. The first-order valence-corrected chi connectivity index (χ1v) is 7.74. The van der Waals surface area contributed by atoms with E-state index in [0.29, 0.717) is 0 Å². The molecule has 3 rings (SSSR count). The van der Waals surface area contributed by atoms with Gasteiger partial charge in [0, 0.05) is 12.1 Å². The highest BCUT2D eigenvalue weighted by Crippen LogP contribution is 2.33. The summed E-state index contributed by atoms with van der Waals surface area (Å²) in [5.74, 6) is 0.117. The summed E-state index contributed by atoms with van der Waals surface area (Å²) in [5, 5.41) is 0. The molecular weight excluding hydrogens is 270 g/mol. The molecule has 0 aromatic heterocycles. The molecule has 2 nitrogen and oxygen atoms in total. The maximum absolute atomic E-state index is 13.0. The van der Waals surface area contributed by atoms with Crippen LogP contribution in [-0.2, 0) is 10.3 Å². The zero-order chi connectivity index (χ0) is 15.6. The third kappa shape index (κ3) is 2.57. The van der Waals surface area contributed by atoms with Gasteiger partial charge >= 0.3 is 0 Å². The van der Waals surface area contributed by atoms with Crippen molar-refractivity contribution in [2.24, 2.45) is 0 Å². The van der Waals surface area contributed by atoms with Gasteiger partial charge in [-0.1, -0.05) is 66.7 Å². The van der Waals surface area contributed by atoms with Crippen molar-refractivity contribution < 1.29 is 4.79 Å². The summed E-state index contributed by atoms with van der Waals surface area (Å²) in [5.41, 5.74) is 2.67. The normalized spacial score (nSPS) is 15.6. The van der Waals surface area contributed by atoms with Crippen molar-refractivity contribution in [3.05, 3.63) is 77.9 Å². The molecule has 0 fully saturated rings. The van der Waals surface area contributed by atoms with E-state index in [9.17, 15) is 4.79 Å². The first kappa shape index (κ1) is 14.6. The third-order valence-corrected chi connectivity index (χ3v) is 4.42. The lowest BCUT2D eigenvalue weighted by Crippen LogP contribution is -2.47. The second-order valence-electron chi connectivity index (χ2n) is 6.15. The molecule has 112 valence electrons. The Morgan fingerprint density at radius 3 is 2.14 bits per heavy atom. The molecule has 0 spiro atoms. The van der Waals surface area contributed by atoms with Gasteiger partial charge in [-0.15, -0.1) is 0 Å². The SMILES string of the molecule is CC(C)(c1ccccc1)N1CCC=C(c2ccccc2)C1=O. The average Bonchev–Trinajstić information content (AvgIpc) is 2.56. The Hall–Kier alpha value is -2.35. The number of hydrogen-bond donors (Lipinski definition) is 0. The second kappa shape index (κ2) is 5.80. The Labute approximate surface area is 132 Å². The first-order valence-electron chi connectivity index (χ1n) is 7.74. The number of carbonyl (C=O) groups excluding carboxylic acids is 1. The number of benzene rings is 2. The van der Waals surface area contributed by atoms with Crippen molar-refractivity contribution >= 4 is 11.5 Å². The molecule has 2 aromatic carbocycles. The molecule has 0 unspecified atom stereocenters. The molecule has 2 heteroatoms. The molecule has 0 radical (unpaired) electrons. The van der Waals surface area contributed by atoms with Crippen LogP contribution in [0.3, 0.4) is 0 Å². The lowest BCUT2D eigenvalue weighted by atomic mass is 9.89. The molecule has 1 heterocycles. The number of rotatable bonds is 3. The Morgan fingerprint density at radius 1 is 0.909 bits per heavy atom. The minimum atomic E-state index is -0.313. The molecule has 0 bridgehead atoms. The second-order valence-corrected chi connectivity index (χ2v) is 6.15. The van der Waals surface area contributed by atoms with Gasteiger partial charge in [-0.05, 0) is 31.4 Å². The predicted molar refractivity (Wildman–Crippen MR) is 90.2 cm³/mol. The zero-order valence-corrected chi connectivity index (χ0v) is 13.1. The van der Waals surface area contributed by atoms with Gasteiger partial charge in [0.2, 0.25) is 0 Å². The summed E-state index contributed by atoms with van der Waals surface area (Å²) in [6.45, 7) is 5.00. The van der Waals surface area contributed by atoms with Crippen LogP contribution in [-0.4, -0.2) is 17.4 Å². The van der Waals surface area contributed by atoms with Crippen molar-refractivity contribution in [1.82, 2.24) is 4.90 Å². The van der Waals surface area contributed by atoms with Crippen LogP contribution in [0.1, 0.15) is 31.4 Å². The Bertz CT molecular complexity index is 686. The van der Waals surface area contributed by atoms with Gasteiger partial charge in [0.15, 0.2) is 0 Å². The van der Waals surface area contributed by atoms with Crippen LogP contribution in [0.4, 0.5) is 0 Å². The molecule has 1 aliphatic rings. The van der Waals surface area contributed by atoms with Crippen LogP contribution in [0, 0.1) is 0 Å². The predicted octanol–water partition coefficient (Wildman–Crippen LogP) is 4.24. The average molecular weight is 291 g/mol. The lowest BCUT2D eigenvalue weighted by molar-refractivity contribution is -0.131. The van der Waals surface area contributed by atoms with E-state index in [1.165, 1.54) is 0 Å². The van der Waals surface area contributed by atoms with Gasteiger partial charge < -0.3 is 4.90 Å². The third-order valence-electron chi connectivity index (χ3n) is 4.42. The van der Waals surface area contributed by atoms with Crippen LogP contribution < -0.4 is 0 Å². The van der Waals surface area contributed by atoms with Crippen LogP contribution in [0.15, 0.2) is 66.7 Å². The standard InChI is InChI=1S/C20H21NO/c1-20(2,17-12-7-4-8-13-17)21-15-9-14-18(19(21)22)16-10-5-3-6-11-16/h3-8,10-14H,9,15H2,1-2H3. The van der Waals surface area contributed by atoms with Crippen LogP contribution in [0.2, 0.25) is 0 Å². The number of amides is 1. The molecule has 0 atom stereocenters. The van der Waals surface area contributed by atoms with Crippen molar-refractivity contribution in [2.45, 2.75) is 25.8 Å². The summed E-state index contributed by atoms with van der Waals surface area (Å²) in [7, 11) is 0. The lowest BCUT2D eigenvalue weighted by Gasteiger charge is -2.41. The van der Waals surface area contributed by atoms with Gasteiger partial charge in [-0.25, -0.2) is 0 Å². The van der Waals surface area contributed by atoms with Gasteiger partial charge in [0.05, 0.1) is 5.54 Å². The molecule has 1 amide bonds. The smallest absolute Gasteiger partial charge is 0.254 e. The molecule has 0 saturated carbocycles. The quantitative estimate of drug-likeness (QED) is 0.828. The van der Waals surface area contributed by atoms with E-state index in [2.05, 4.69) is 32.1 Å². The highest BCUT2D eigenvalue weighted by molar-refractivity contribution is 6.20. The molecule has 1 aliphatic heterocycles. The molecular formula is C20H21NO. The van der Waals surface area contributed by atoms with Gasteiger partial charge in [0.25, 0.3) is 5.91 Å². The van der Waals surface area contributed by atoms with Gasteiger partial charge in [0.1, 0.15) is 0 Å². The van der Waals surface area contributed by atoms with E-state index in [-0.39, 0.29) is 11.4 Å². The molecule has 2 aromatic rings. The van der Waals surface area contributed by atoms with Gasteiger partial charge in [-0.2, -0.15) is 0 Å². The van der Waals surface area contributed by atoms with E-state index in [1.807, 2.05) is 53.4 Å². The monoisotopic (exact) mass is 291 g/mol. The Morgan fingerprint density at radius 2 is 1.50 bits per heavy atom. The van der Waals surface area contributed by atoms with E-state index >= 15 is 0 Å². The summed E-state index contributed by atoms with van der Waals surface area (Å²) < 4.78 is 0. The van der Waals surface area contributed by atoms with Crippen LogP contribution >= 0.6 is 0 Å². The largest absolute Gasteiger partial charge is 0.329 e. The zero-order valence-electron chi connectivity index (χ0n) is 13.1. The Balaban J connectivity index is 1.94. The maximum Gasteiger partial charge on any atom is 0.254 e. The summed E-state index contributed by atoms with van der Waals surface area (Å²) in [6.07, 6.45) is 2.96. The van der Waals surface area contributed by atoms with Crippen LogP contribution in [0.5, 0.6) is 0 Å². The highest BCUT2D eigenvalue weighted by atomic mass is 16.2. The summed E-state index contributed by atoms with van der Waals surface area (Å²) >= 11 is 0. The number of hydrogen-bond acceptors (Lipinski definition) is 1. The minimum absolute atomic E-state index is 0.117. The topological polar surface area (TPSA) is 20.3 Å². The number of carbonyl (C=O) groups is 1. The summed E-state index contributed by atoms with van der Waals surface area (Å²) in [4.78, 5) is 15.0. The fourth-order valence-corrected chi connectivity index (χ4v) is 3.07. The summed E-state index contributed by atoms with van der Waals surface area (Å²) in [6, 6.07) is 20.2.